The molecule has 2 atom stereocenters. The molecule has 2 aromatic carbocycles. The Morgan fingerprint density at radius 3 is 2.80 bits per heavy atom. The van der Waals surface area contributed by atoms with Crippen LogP contribution < -0.4 is 5.73 Å². The lowest BCUT2D eigenvalue weighted by molar-refractivity contribution is 0.143. The van der Waals surface area contributed by atoms with E-state index in [4.69, 9.17) is 10.5 Å². The van der Waals surface area contributed by atoms with E-state index in [0.717, 1.165) is 27.6 Å². The molecule has 0 spiro atoms. The molecule has 0 saturated heterocycles. The average molecular weight is 404 g/mol. The third kappa shape index (κ3) is 2.98. The van der Waals surface area contributed by atoms with Crippen LogP contribution in [0.4, 0.5) is 9.18 Å². The van der Waals surface area contributed by atoms with Crippen molar-refractivity contribution in [3.8, 4) is 11.3 Å². The molecule has 5 rings (SSSR count). The number of nitrogens with zero attached hydrogens (tertiary/aromatic N) is 3. The number of nitrogens with two attached hydrogens (primary N) is 1. The van der Waals surface area contributed by atoms with Crippen LogP contribution >= 0.6 is 0 Å². The minimum atomic E-state index is -1.12. The van der Waals surface area contributed by atoms with Crippen LogP contribution in [0.3, 0.4) is 0 Å². The zero-order valence-corrected chi connectivity index (χ0v) is 16.5. The smallest absolute Gasteiger partial charge is 0.419 e. The first-order valence-electron chi connectivity index (χ1n) is 9.80. The van der Waals surface area contributed by atoms with E-state index in [-0.39, 0.29) is 13.0 Å². The van der Waals surface area contributed by atoms with E-state index in [1.807, 2.05) is 61.8 Å². The van der Waals surface area contributed by atoms with Gasteiger partial charge in [-0.15, -0.1) is 0 Å². The molecule has 0 fully saturated rings. The first-order valence-corrected chi connectivity index (χ1v) is 9.80. The molecule has 0 aliphatic heterocycles. The Bertz CT molecular complexity index is 1250. The van der Waals surface area contributed by atoms with Crippen LogP contribution in [0.25, 0.3) is 22.2 Å². The van der Waals surface area contributed by atoms with Gasteiger partial charge in [-0.1, -0.05) is 36.4 Å². The summed E-state index contributed by atoms with van der Waals surface area (Å²) in [5.74, 6) is 0. The van der Waals surface area contributed by atoms with Crippen LogP contribution in [-0.4, -0.2) is 26.6 Å². The van der Waals surface area contributed by atoms with E-state index in [9.17, 15) is 9.18 Å². The van der Waals surface area contributed by atoms with Crippen molar-refractivity contribution in [3.05, 3.63) is 77.6 Å². The van der Waals surface area contributed by atoms with Crippen molar-refractivity contribution in [1.29, 1.82) is 0 Å². The molecule has 0 saturated carbocycles. The third-order valence-corrected chi connectivity index (χ3v) is 5.67. The summed E-state index contributed by atoms with van der Waals surface area (Å²) in [4.78, 5) is 13.1. The van der Waals surface area contributed by atoms with Crippen molar-refractivity contribution in [3.63, 3.8) is 0 Å². The van der Waals surface area contributed by atoms with Crippen molar-refractivity contribution in [2.45, 2.75) is 25.2 Å². The van der Waals surface area contributed by atoms with Crippen LogP contribution in [0.5, 0.6) is 0 Å². The van der Waals surface area contributed by atoms with Gasteiger partial charge in [-0.05, 0) is 28.8 Å². The molecule has 30 heavy (non-hydrogen) atoms. The number of alkyl halides is 1. The zero-order valence-electron chi connectivity index (χ0n) is 16.5. The topological polar surface area (TPSA) is 75.1 Å². The van der Waals surface area contributed by atoms with Gasteiger partial charge in [0.2, 0.25) is 0 Å². The summed E-state index contributed by atoms with van der Waals surface area (Å²) in [6, 6.07) is 14.4. The van der Waals surface area contributed by atoms with E-state index in [2.05, 4.69) is 5.10 Å². The monoisotopic (exact) mass is 404 g/mol. The lowest BCUT2D eigenvalue weighted by Crippen LogP contribution is -2.17. The molecular weight excluding hydrogens is 383 g/mol. The Hall–Kier alpha value is -3.45. The molecule has 4 aromatic rings. The van der Waals surface area contributed by atoms with Crippen molar-refractivity contribution >= 4 is 17.0 Å². The normalized spacial score (nSPS) is 18.0. The highest BCUT2D eigenvalue weighted by Crippen LogP contribution is 2.39. The van der Waals surface area contributed by atoms with E-state index in [1.54, 1.807) is 10.9 Å². The van der Waals surface area contributed by atoms with Crippen molar-refractivity contribution < 1.29 is 13.9 Å². The van der Waals surface area contributed by atoms with Crippen LogP contribution in [-0.2, 0) is 24.8 Å². The maximum Gasteiger partial charge on any atom is 0.419 e. The van der Waals surface area contributed by atoms with Gasteiger partial charge in [-0.25, -0.2) is 13.8 Å². The molecular formula is C23H21FN4O2. The molecule has 0 amide bonds. The number of benzene rings is 2. The number of fused-ring (bicyclic) bond motifs is 3. The molecule has 0 unspecified atom stereocenters. The van der Waals surface area contributed by atoms with E-state index in [1.165, 1.54) is 4.57 Å². The molecule has 0 radical (unpaired) electrons. The van der Waals surface area contributed by atoms with Gasteiger partial charge < -0.3 is 10.5 Å². The summed E-state index contributed by atoms with van der Waals surface area (Å²) in [5, 5.41) is 5.04. The number of aromatic nitrogens is 3. The maximum absolute atomic E-state index is 14.3. The van der Waals surface area contributed by atoms with E-state index < -0.39 is 18.3 Å². The fourth-order valence-electron chi connectivity index (χ4n) is 4.16. The minimum Gasteiger partial charge on any atom is -0.444 e. The fourth-order valence-corrected chi connectivity index (χ4v) is 4.16. The van der Waals surface area contributed by atoms with Crippen molar-refractivity contribution in [2.75, 3.05) is 0 Å². The van der Waals surface area contributed by atoms with Gasteiger partial charge in [0.15, 0.2) is 0 Å². The molecule has 152 valence electrons. The number of aryl methyl sites for hydroxylation is 1. The second-order valence-electron chi connectivity index (χ2n) is 7.62. The Balaban J connectivity index is 1.62. The van der Waals surface area contributed by atoms with Gasteiger partial charge in [-0.3, -0.25) is 4.68 Å². The molecule has 1 aliphatic rings. The van der Waals surface area contributed by atoms with Gasteiger partial charge in [0.05, 0.1) is 23.4 Å². The number of carbonyl (C=O) groups is 1. The molecule has 2 aromatic heterocycles. The van der Waals surface area contributed by atoms with Gasteiger partial charge in [0.25, 0.3) is 0 Å². The molecule has 0 bridgehead atoms. The highest BCUT2D eigenvalue weighted by atomic mass is 19.1. The molecule has 7 heteroatoms. The first kappa shape index (κ1) is 18.6. The lowest BCUT2D eigenvalue weighted by atomic mass is 10.0. The zero-order chi connectivity index (χ0) is 20.8. The molecule has 1 aliphatic carbocycles. The molecule has 6 nitrogen and oxygen atoms in total. The molecule has 2 heterocycles. The third-order valence-electron chi connectivity index (χ3n) is 5.67. The van der Waals surface area contributed by atoms with Gasteiger partial charge in [0.1, 0.15) is 12.8 Å². The largest absolute Gasteiger partial charge is 0.444 e. The van der Waals surface area contributed by atoms with E-state index >= 15 is 0 Å². The Labute approximate surface area is 172 Å². The fraction of sp³-hybridized carbons (Fsp3) is 0.217. The standard InChI is InChI=1S/C23H21FN4O2/c1-27-12-15(11-26-27)21-10-18-17-9-19(24)22(25)16(17)7-8-20(18)28(21)23(29)30-13-14-5-3-2-4-6-14/h2-8,10-12,19,22H,9,13,25H2,1H3/t19-,22+/m1/s1. The number of ether oxygens (including phenoxy) is 1. The van der Waals surface area contributed by atoms with Crippen molar-refractivity contribution in [1.82, 2.24) is 14.3 Å². The Morgan fingerprint density at radius 2 is 2.07 bits per heavy atom. The van der Waals surface area contributed by atoms with Gasteiger partial charge in [-0.2, -0.15) is 5.10 Å². The summed E-state index contributed by atoms with van der Waals surface area (Å²) in [7, 11) is 1.81. The number of hydrogen-bond donors (Lipinski definition) is 1. The Kier molecular flexibility index (Phi) is 4.40. The van der Waals surface area contributed by atoms with Gasteiger partial charge in [0, 0.05) is 30.6 Å². The average Bonchev–Trinajstić information content (AvgIpc) is 3.43. The van der Waals surface area contributed by atoms with Crippen LogP contribution in [0, 0.1) is 0 Å². The summed E-state index contributed by atoms with van der Waals surface area (Å²) in [5.41, 5.74) is 10.7. The van der Waals surface area contributed by atoms with Crippen LogP contribution in [0.1, 0.15) is 22.7 Å². The number of rotatable bonds is 3. The number of hydrogen-bond acceptors (Lipinski definition) is 4. The number of halogens is 1. The predicted molar refractivity (Wildman–Crippen MR) is 112 cm³/mol. The summed E-state index contributed by atoms with van der Waals surface area (Å²) in [6.07, 6.45) is 2.15. The molecule has 2 N–H and O–H groups in total. The summed E-state index contributed by atoms with van der Waals surface area (Å²) >= 11 is 0. The summed E-state index contributed by atoms with van der Waals surface area (Å²) < 4.78 is 23.1. The second kappa shape index (κ2) is 7.11. The highest BCUT2D eigenvalue weighted by Gasteiger charge is 2.32. The van der Waals surface area contributed by atoms with Crippen LogP contribution in [0.2, 0.25) is 0 Å². The lowest BCUT2D eigenvalue weighted by Gasteiger charge is -2.11. The second-order valence-corrected chi connectivity index (χ2v) is 7.62. The predicted octanol–water partition coefficient (Wildman–Crippen LogP) is 4.12. The van der Waals surface area contributed by atoms with Gasteiger partial charge >= 0.3 is 6.09 Å². The maximum atomic E-state index is 14.3. The summed E-state index contributed by atoms with van der Waals surface area (Å²) in [6.45, 7) is 0.161. The Morgan fingerprint density at radius 1 is 1.27 bits per heavy atom. The number of carbonyl (C=O) groups excluding carboxylic acids is 1. The van der Waals surface area contributed by atoms with Crippen LogP contribution in [0.15, 0.2) is 60.9 Å². The first-order chi connectivity index (χ1) is 14.5. The van der Waals surface area contributed by atoms with E-state index in [0.29, 0.717) is 11.2 Å². The highest BCUT2D eigenvalue weighted by molar-refractivity contribution is 5.98. The quantitative estimate of drug-likeness (QED) is 0.557. The van der Waals surface area contributed by atoms with Crippen molar-refractivity contribution in [2.24, 2.45) is 12.8 Å². The SMILES string of the molecule is Cn1cc(-c2cc3c4c(ccc3n2C(=O)OCc2ccccc2)[C@H](N)[C@H](F)C4)cn1. The minimum absolute atomic E-state index is 0.161.